The lowest BCUT2D eigenvalue weighted by Crippen LogP contribution is -2.15. The number of fused-ring (bicyclic) bond motifs is 1. The van der Waals surface area contributed by atoms with Crippen molar-refractivity contribution in [2.24, 2.45) is 0 Å². The van der Waals surface area contributed by atoms with Crippen LogP contribution in [-0.4, -0.2) is 14.8 Å². The molecule has 0 spiro atoms. The molecule has 1 heterocycles. The lowest BCUT2D eigenvalue weighted by atomic mass is 9.83. The Morgan fingerprint density at radius 3 is 3.12 bits per heavy atom. The van der Waals surface area contributed by atoms with Crippen LogP contribution < -0.4 is 0 Å². The van der Waals surface area contributed by atoms with E-state index in [-0.39, 0.29) is 0 Å². The maximum atomic E-state index is 4.19. The Kier molecular flexibility index (Phi) is 2.44. The van der Waals surface area contributed by atoms with Gasteiger partial charge in [0.15, 0.2) is 0 Å². The van der Waals surface area contributed by atoms with Crippen molar-refractivity contribution in [3.05, 3.63) is 48.0 Å². The highest BCUT2D eigenvalue weighted by Crippen LogP contribution is 2.32. The molecule has 1 atom stereocenters. The fourth-order valence-corrected chi connectivity index (χ4v) is 2.60. The summed E-state index contributed by atoms with van der Waals surface area (Å²) in [5.74, 6) is 0.603. The molecule has 3 heteroatoms. The molecule has 0 fully saturated rings. The van der Waals surface area contributed by atoms with Gasteiger partial charge in [-0.2, -0.15) is 5.10 Å². The van der Waals surface area contributed by atoms with Crippen molar-refractivity contribution in [2.45, 2.75) is 31.7 Å². The van der Waals surface area contributed by atoms with Gasteiger partial charge in [-0.05, 0) is 30.4 Å². The largest absolute Gasteiger partial charge is 0.252 e. The van der Waals surface area contributed by atoms with Crippen LogP contribution in [0.25, 0.3) is 0 Å². The first-order chi connectivity index (χ1) is 7.93. The highest BCUT2D eigenvalue weighted by molar-refractivity contribution is 5.32. The van der Waals surface area contributed by atoms with E-state index in [0.717, 1.165) is 6.54 Å². The second-order valence-electron chi connectivity index (χ2n) is 4.41. The summed E-state index contributed by atoms with van der Waals surface area (Å²) >= 11 is 0. The lowest BCUT2D eigenvalue weighted by molar-refractivity contribution is 0.456. The molecule has 82 valence electrons. The third-order valence-electron chi connectivity index (χ3n) is 3.37. The van der Waals surface area contributed by atoms with Gasteiger partial charge in [0.05, 0.1) is 0 Å². The summed E-state index contributed by atoms with van der Waals surface area (Å²) in [5, 5.41) is 4.19. The summed E-state index contributed by atoms with van der Waals surface area (Å²) in [6, 6.07) is 8.79. The molecule has 0 saturated heterocycles. The normalized spacial score (nSPS) is 19.4. The summed E-state index contributed by atoms with van der Waals surface area (Å²) in [6.45, 7) is 0.955. The average Bonchev–Trinajstić information content (AvgIpc) is 2.82. The first kappa shape index (κ1) is 9.58. The average molecular weight is 213 g/mol. The summed E-state index contributed by atoms with van der Waals surface area (Å²) in [6.07, 6.45) is 7.18. The van der Waals surface area contributed by atoms with Gasteiger partial charge >= 0.3 is 0 Å². The molecule has 0 amide bonds. The number of benzene rings is 1. The van der Waals surface area contributed by atoms with Crippen molar-refractivity contribution in [2.75, 3.05) is 0 Å². The number of rotatable bonds is 2. The quantitative estimate of drug-likeness (QED) is 0.767. The van der Waals surface area contributed by atoms with E-state index in [1.54, 1.807) is 12.7 Å². The van der Waals surface area contributed by atoms with Gasteiger partial charge in [0.1, 0.15) is 12.7 Å². The summed E-state index contributed by atoms with van der Waals surface area (Å²) in [4.78, 5) is 4.00. The lowest BCUT2D eigenvalue weighted by Gasteiger charge is -2.25. The van der Waals surface area contributed by atoms with E-state index >= 15 is 0 Å². The number of hydrogen-bond acceptors (Lipinski definition) is 2. The van der Waals surface area contributed by atoms with Crippen molar-refractivity contribution in [1.82, 2.24) is 14.8 Å². The molecule has 0 radical (unpaired) electrons. The van der Waals surface area contributed by atoms with E-state index in [1.807, 2.05) is 4.68 Å². The molecule has 1 aliphatic rings. The van der Waals surface area contributed by atoms with Gasteiger partial charge in [-0.15, -0.1) is 0 Å². The predicted octanol–water partition coefficient (Wildman–Crippen LogP) is 2.40. The maximum absolute atomic E-state index is 4.19. The van der Waals surface area contributed by atoms with Gasteiger partial charge in [-0.25, -0.2) is 4.98 Å². The zero-order chi connectivity index (χ0) is 10.8. The van der Waals surface area contributed by atoms with Crippen molar-refractivity contribution in [3.63, 3.8) is 0 Å². The van der Waals surface area contributed by atoms with Crippen LogP contribution >= 0.6 is 0 Å². The molecule has 3 nitrogen and oxygen atoms in total. The van der Waals surface area contributed by atoms with Crippen LogP contribution in [0.5, 0.6) is 0 Å². The fraction of sp³-hybridized carbons (Fsp3) is 0.385. The Balaban J connectivity index is 1.87. The van der Waals surface area contributed by atoms with Gasteiger partial charge in [0.2, 0.25) is 0 Å². The van der Waals surface area contributed by atoms with Crippen molar-refractivity contribution in [3.8, 4) is 0 Å². The SMILES string of the molecule is c1ccc2c(c1)CCCC2Cn1cncn1. The molecule has 1 unspecified atom stereocenters. The molecule has 0 aliphatic heterocycles. The molecule has 1 aromatic heterocycles. The first-order valence-corrected chi connectivity index (χ1v) is 5.84. The van der Waals surface area contributed by atoms with Crippen molar-refractivity contribution < 1.29 is 0 Å². The molecule has 0 saturated carbocycles. The Labute approximate surface area is 95.1 Å². The third-order valence-corrected chi connectivity index (χ3v) is 3.37. The highest BCUT2D eigenvalue weighted by atomic mass is 15.3. The molecule has 3 rings (SSSR count). The molecular weight excluding hydrogens is 198 g/mol. The molecular formula is C13H15N3. The summed E-state index contributed by atoms with van der Waals surface area (Å²) < 4.78 is 1.94. The van der Waals surface area contributed by atoms with Crippen molar-refractivity contribution >= 4 is 0 Å². The van der Waals surface area contributed by atoms with Crippen molar-refractivity contribution in [1.29, 1.82) is 0 Å². The molecule has 2 aromatic rings. The zero-order valence-electron chi connectivity index (χ0n) is 9.21. The Hall–Kier alpha value is -1.64. The first-order valence-electron chi connectivity index (χ1n) is 5.84. The number of aromatic nitrogens is 3. The Morgan fingerprint density at radius 2 is 2.25 bits per heavy atom. The summed E-state index contributed by atoms with van der Waals surface area (Å²) in [5.41, 5.74) is 3.02. The molecule has 0 bridgehead atoms. The van der Waals surface area contributed by atoms with Crippen LogP contribution in [0.2, 0.25) is 0 Å². The highest BCUT2D eigenvalue weighted by Gasteiger charge is 2.19. The van der Waals surface area contributed by atoms with Crippen LogP contribution in [0.3, 0.4) is 0 Å². The standard InChI is InChI=1S/C13H15N3/c1-2-7-13-11(4-1)5-3-6-12(13)8-16-10-14-9-15-16/h1-2,4,7,9-10,12H,3,5-6,8H2. The van der Waals surface area contributed by atoms with E-state index in [9.17, 15) is 0 Å². The second-order valence-corrected chi connectivity index (χ2v) is 4.41. The Bertz CT molecular complexity index is 462. The minimum atomic E-state index is 0.603. The number of nitrogens with zero attached hydrogens (tertiary/aromatic N) is 3. The monoisotopic (exact) mass is 213 g/mol. The smallest absolute Gasteiger partial charge is 0.137 e. The molecule has 1 aromatic carbocycles. The molecule has 16 heavy (non-hydrogen) atoms. The van der Waals surface area contributed by atoms with Gasteiger partial charge in [0.25, 0.3) is 0 Å². The van der Waals surface area contributed by atoms with Crippen LogP contribution in [0.4, 0.5) is 0 Å². The second kappa shape index (κ2) is 4.08. The summed E-state index contributed by atoms with van der Waals surface area (Å²) in [7, 11) is 0. The molecule has 1 aliphatic carbocycles. The van der Waals surface area contributed by atoms with E-state index < -0.39 is 0 Å². The van der Waals surface area contributed by atoms with Gasteiger partial charge in [-0.1, -0.05) is 24.3 Å². The van der Waals surface area contributed by atoms with E-state index in [2.05, 4.69) is 34.3 Å². The minimum absolute atomic E-state index is 0.603. The van der Waals surface area contributed by atoms with Crippen LogP contribution in [-0.2, 0) is 13.0 Å². The number of aryl methyl sites for hydroxylation is 1. The van der Waals surface area contributed by atoms with Gasteiger partial charge < -0.3 is 0 Å². The van der Waals surface area contributed by atoms with E-state index in [4.69, 9.17) is 0 Å². The third kappa shape index (κ3) is 1.73. The van der Waals surface area contributed by atoms with E-state index in [0.29, 0.717) is 5.92 Å². The minimum Gasteiger partial charge on any atom is -0.252 e. The molecule has 0 N–H and O–H groups in total. The maximum Gasteiger partial charge on any atom is 0.137 e. The number of hydrogen-bond donors (Lipinski definition) is 0. The van der Waals surface area contributed by atoms with Crippen LogP contribution in [0, 0.1) is 0 Å². The Morgan fingerprint density at radius 1 is 1.31 bits per heavy atom. The fourth-order valence-electron chi connectivity index (χ4n) is 2.60. The van der Waals surface area contributed by atoms with Crippen LogP contribution in [0.1, 0.15) is 29.9 Å². The predicted molar refractivity (Wildman–Crippen MR) is 62.1 cm³/mol. The van der Waals surface area contributed by atoms with Gasteiger partial charge in [-0.3, -0.25) is 4.68 Å². The van der Waals surface area contributed by atoms with Gasteiger partial charge in [0, 0.05) is 12.5 Å². The zero-order valence-corrected chi connectivity index (χ0v) is 9.21. The topological polar surface area (TPSA) is 30.7 Å². The van der Waals surface area contributed by atoms with Crippen LogP contribution in [0.15, 0.2) is 36.9 Å². The van der Waals surface area contributed by atoms with E-state index in [1.165, 1.54) is 30.4 Å².